The predicted molar refractivity (Wildman–Crippen MR) is 148 cm³/mol. The Balaban J connectivity index is 3.72. The third-order valence-electron chi connectivity index (χ3n) is 3.20. The van der Waals surface area contributed by atoms with Gasteiger partial charge in [-0.05, 0) is 25.7 Å². The minimum absolute atomic E-state index is 0.317. The first-order valence-corrected chi connectivity index (χ1v) is 14.7. The van der Waals surface area contributed by atoms with Crippen LogP contribution < -0.4 is 0 Å². The van der Waals surface area contributed by atoms with Crippen molar-refractivity contribution in [2.45, 2.75) is 57.2 Å². The molecule has 0 fully saturated rings. The molecule has 0 N–H and O–H groups in total. The molecule has 0 aliphatic carbocycles. The summed E-state index contributed by atoms with van der Waals surface area (Å²) in [6.07, 6.45) is 3.96. The van der Waals surface area contributed by atoms with E-state index in [-0.39, 0.29) is 0 Å². The van der Waals surface area contributed by atoms with Crippen molar-refractivity contribution in [3.05, 3.63) is 0 Å². The molecule has 0 aromatic rings. The van der Waals surface area contributed by atoms with Crippen LogP contribution in [0.5, 0.6) is 0 Å². The van der Waals surface area contributed by atoms with Gasteiger partial charge in [0.15, 0.2) is 0 Å². The van der Waals surface area contributed by atoms with Gasteiger partial charge in [-0.25, -0.2) is 0 Å². The largest absolute Gasteiger partial charge is 0.178 e. The molecule has 146 valence electrons. The first kappa shape index (κ1) is 27.5. The molecule has 0 aliphatic rings. The second-order valence-corrected chi connectivity index (χ2v) is 13.5. The Morgan fingerprint density at radius 1 is 0.458 bits per heavy atom. The Labute approximate surface area is 200 Å². The molecule has 0 nitrogen and oxygen atoms in total. The zero-order chi connectivity index (χ0) is 18.5. The molecule has 0 bridgehead atoms. The van der Waals surface area contributed by atoms with Crippen LogP contribution in [0, 0.1) is 0 Å². The maximum atomic E-state index is 4.68. The Hall–Kier alpha value is 3.50. The quantitative estimate of drug-likeness (QED) is 0.0810. The van der Waals surface area contributed by atoms with E-state index in [9.17, 15) is 0 Å². The number of hydrogen-bond donors (Lipinski definition) is 8. The highest BCUT2D eigenvalue weighted by molar-refractivity contribution is 8.76. The zero-order valence-corrected chi connectivity index (χ0v) is 22.3. The molecule has 0 saturated heterocycles. The van der Waals surface area contributed by atoms with Crippen molar-refractivity contribution in [1.82, 2.24) is 0 Å². The fourth-order valence-electron chi connectivity index (χ4n) is 1.99. The molecule has 0 spiro atoms. The van der Waals surface area contributed by atoms with Gasteiger partial charge in [0, 0.05) is 54.5 Å². The lowest BCUT2D eigenvalue weighted by molar-refractivity contribution is 0.704. The standard InChI is InChI=1S/C14H30S10/c15-5-11(19)1-9(17)3-13(21)7-23-24-8-14(22)4-10(18)2-12(20)6-16/h9-22H,1-8H2. The molecule has 0 radical (unpaired) electrons. The van der Waals surface area contributed by atoms with Gasteiger partial charge in [-0.2, -0.15) is 101 Å². The molecule has 0 amide bonds. The van der Waals surface area contributed by atoms with Crippen molar-refractivity contribution >= 4 is 123 Å². The summed E-state index contributed by atoms with van der Waals surface area (Å²) in [5.41, 5.74) is 0. The van der Waals surface area contributed by atoms with Crippen LogP contribution in [0.4, 0.5) is 0 Å². The van der Waals surface area contributed by atoms with Gasteiger partial charge < -0.3 is 0 Å². The molecular weight excluding hydrogens is 489 g/mol. The number of hydrogen-bond acceptors (Lipinski definition) is 10. The van der Waals surface area contributed by atoms with E-state index in [1.165, 1.54) is 0 Å². The van der Waals surface area contributed by atoms with E-state index >= 15 is 0 Å². The molecule has 0 rings (SSSR count). The van der Waals surface area contributed by atoms with E-state index < -0.39 is 0 Å². The molecule has 0 aromatic heterocycles. The Morgan fingerprint density at radius 2 is 0.750 bits per heavy atom. The molecule has 10 heteroatoms. The van der Waals surface area contributed by atoms with Crippen LogP contribution in [0.25, 0.3) is 0 Å². The second-order valence-electron chi connectivity index (χ2n) is 5.80. The van der Waals surface area contributed by atoms with Crippen LogP contribution in [0.2, 0.25) is 0 Å². The van der Waals surface area contributed by atoms with E-state index in [4.69, 9.17) is 0 Å². The highest BCUT2D eigenvalue weighted by Crippen LogP contribution is 2.30. The molecule has 0 heterocycles. The summed E-state index contributed by atoms with van der Waals surface area (Å²) in [5, 5.41) is 2.05. The maximum absolute atomic E-state index is 4.68. The average molecular weight is 519 g/mol. The fraction of sp³-hybridized carbons (Fsp3) is 1.00. The van der Waals surface area contributed by atoms with E-state index in [0.717, 1.165) is 48.7 Å². The van der Waals surface area contributed by atoms with Gasteiger partial charge in [0.2, 0.25) is 0 Å². The summed E-state index contributed by atoms with van der Waals surface area (Å²) >= 11 is 36.1. The highest BCUT2D eigenvalue weighted by Gasteiger charge is 2.16. The third kappa shape index (κ3) is 16.5. The summed E-state index contributed by atoms with van der Waals surface area (Å²) in [6, 6.07) is 0. The average Bonchev–Trinajstić information content (AvgIpc) is 2.50. The molecule has 0 aromatic carbocycles. The third-order valence-corrected chi connectivity index (χ3v) is 10.1. The number of thiol groups is 8. The van der Waals surface area contributed by atoms with Gasteiger partial charge in [0.1, 0.15) is 0 Å². The van der Waals surface area contributed by atoms with Crippen LogP contribution in [-0.4, -0.2) is 54.5 Å². The van der Waals surface area contributed by atoms with Crippen LogP contribution in [0.1, 0.15) is 25.7 Å². The summed E-state index contributed by atoms with van der Waals surface area (Å²) in [6.45, 7) is 0. The van der Waals surface area contributed by atoms with E-state index in [1.807, 2.05) is 21.6 Å². The van der Waals surface area contributed by atoms with Crippen molar-refractivity contribution in [1.29, 1.82) is 0 Å². The van der Waals surface area contributed by atoms with Gasteiger partial charge in [-0.3, -0.25) is 0 Å². The van der Waals surface area contributed by atoms with E-state index in [0.29, 0.717) is 31.5 Å². The topological polar surface area (TPSA) is 0 Å². The SMILES string of the molecule is SCC(S)CC(S)CC(S)CSSCC(S)CC(S)CC(S)CS. The monoisotopic (exact) mass is 518 g/mol. The zero-order valence-electron chi connectivity index (χ0n) is 13.5. The van der Waals surface area contributed by atoms with Crippen LogP contribution >= 0.6 is 123 Å². The van der Waals surface area contributed by atoms with Gasteiger partial charge >= 0.3 is 0 Å². The summed E-state index contributed by atoms with van der Waals surface area (Å²) < 4.78 is 0. The predicted octanol–water partition coefficient (Wildman–Crippen LogP) is 5.58. The van der Waals surface area contributed by atoms with Gasteiger partial charge in [-0.1, -0.05) is 21.6 Å². The van der Waals surface area contributed by atoms with Gasteiger partial charge in [0.25, 0.3) is 0 Å². The van der Waals surface area contributed by atoms with Crippen molar-refractivity contribution in [2.24, 2.45) is 0 Å². The van der Waals surface area contributed by atoms with Crippen molar-refractivity contribution in [3.8, 4) is 0 Å². The maximum Gasteiger partial charge on any atom is 0.0154 e. The van der Waals surface area contributed by atoms with Gasteiger partial charge in [-0.15, -0.1) is 0 Å². The molecule has 24 heavy (non-hydrogen) atoms. The summed E-state index contributed by atoms with van der Waals surface area (Å²) in [5.74, 6) is 3.62. The minimum Gasteiger partial charge on any atom is -0.178 e. The Morgan fingerprint density at radius 3 is 1.04 bits per heavy atom. The van der Waals surface area contributed by atoms with Crippen molar-refractivity contribution in [2.75, 3.05) is 23.0 Å². The fourth-order valence-corrected chi connectivity index (χ4v) is 8.38. The Bertz CT molecular complexity index is 265. The molecular formula is C14H30S10. The van der Waals surface area contributed by atoms with Gasteiger partial charge in [0.05, 0.1) is 0 Å². The smallest absolute Gasteiger partial charge is 0.0154 e. The normalized spacial score (nSPS) is 19.5. The molecule has 0 saturated carbocycles. The molecule has 6 unspecified atom stereocenters. The first-order valence-electron chi connectivity index (χ1n) is 7.82. The van der Waals surface area contributed by atoms with Crippen LogP contribution in [-0.2, 0) is 0 Å². The second kappa shape index (κ2) is 17.4. The highest BCUT2D eigenvalue weighted by atomic mass is 33.1. The minimum atomic E-state index is 0.317. The molecule has 6 atom stereocenters. The van der Waals surface area contributed by atoms with Crippen molar-refractivity contribution in [3.63, 3.8) is 0 Å². The van der Waals surface area contributed by atoms with Crippen LogP contribution in [0.15, 0.2) is 0 Å². The first-order chi connectivity index (χ1) is 11.3. The van der Waals surface area contributed by atoms with Crippen molar-refractivity contribution < 1.29 is 0 Å². The lowest BCUT2D eigenvalue weighted by atomic mass is 10.1. The summed E-state index contributed by atoms with van der Waals surface area (Å²) in [7, 11) is 3.75. The Kier molecular flexibility index (Phi) is 19.9. The van der Waals surface area contributed by atoms with E-state index in [2.05, 4.69) is 101 Å². The lowest BCUT2D eigenvalue weighted by Crippen LogP contribution is -2.17. The number of rotatable bonds is 15. The van der Waals surface area contributed by atoms with E-state index in [1.54, 1.807) is 0 Å². The summed E-state index contributed by atoms with van der Waals surface area (Å²) in [4.78, 5) is 0. The molecule has 0 aliphatic heterocycles. The lowest BCUT2D eigenvalue weighted by Gasteiger charge is -2.19. The van der Waals surface area contributed by atoms with Crippen LogP contribution in [0.3, 0.4) is 0 Å².